The minimum atomic E-state index is -0.547. The Balaban J connectivity index is 1.52. The van der Waals surface area contributed by atoms with E-state index < -0.39 is 5.25 Å². The minimum absolute atomic E-state index is 0.00777. The van der Waals surface area contributed by atoms with Crippen LogP contribution in [0.1, 0.15) is 46.5 Å². The molecule has 2 aromatic carbocycles. The lowest BCUT2D eigenvalue weighted by atomic mass is 10.0. The summed E-state index contributed by atoms with van der Waals surface area (Å²) in [6, 6.07) is 15.7. The summed E-state index contributed by atoms with van der Waals surface area (Å²) in [6.45, 7) is 3.25. The molecular formula is C25H26N4O3S. The number of hydrogen-bond acceptors (Lipinski definition) is 5. The van der Waals surface area contributed by atoms with Gasteiger partial charge in [0.15, 0.2) is 10.9 Å². The second kappa shape index (κ2) is 9.41. The Hall–Kier alpha value is -3.10. The van der Waals surface area contributed by atoms with Gasteiger partial charge >= 0.3 is 5.69 Å². The molecular weight excluding hydrogens is 436 g/mol. The Bertz CT molecular complexity index is 1320. The molecule has 5 rings (SSSR count). The van der Waals surface area contributed by atoms with Crippen molar-refractivity contribution in [1.82, 2.24) is 19.7 Å². The van der Waals surface area contributed by atoms with E-state index in [0.717, 1.165) is 35.7 Å². The van der Waals surface area contributed by atoms with E-state index in [2.05, 4.69) is 28.2 Å². The molecule has 3 heterocycles. The van der Waals surface area contributed by atoms with Crippen molar-refractivity contribution in [1.29, 1.82) is 0 Å². The normalized spacial score (nSPS) is 16.9. The molecule has 33 heavy (non-hydrogen) atoms. The number of aromatic amines is 2. The summed E-state index contributed by atoms with van der Waals surface area (Å²) in [5.41, 5.74) is 3.40. The van der Waals surface area contributed by atoms with Crippen LogP contribution in [0.3, 0.4) is 0 Å². The van der Waals surface area contributed by atoms with Crippen molar-refractivity contribution in [3.05, 3.63) is 81.9 Å². The van der Waals surface area contributed by atoms with E-state index in [4.69, 9.17) is 4.74 Å². The average molecular weight is 463 g/mol. The zero-order chi connectivity index (χ0) is 22.8. The fourth-order valence-corrected chi connectivity index (χ4v) is 5.53. The number of carbonyl (C=O) groups excluding carboxylic acids is 1. The summed E-state index contributed by atoms with van der Waals surface area (Å²) in [6.07, 6.45) is 4.58. The highest BCUT2D eigenvalue weighted by atomic mass is 32.2. The highest BCUT2D eigenvalue weighted by Crippen LogP contribution is 2.38. The molecule has 0 saturated carbocycles. The molecule has 4 aromatic rings. The molecule has 0 amide bonds. The fraction of sp³-hybridized carbons (Fsp3) is 0.320. The standard InChI is InChI=1S/C25H26N4O3S/c1-2-16-10-6-12-19-20(14-26-21(16)19)22(30)23(17-8-4-3-5-9-17)33-25-28-27-24(31)29(25)15-18-11-7-13-32-18/h3-6,8-10,12,14,18,23,26H,2,7,11,13,15H2,1H3,(H,27,31). The first kappa shape index (κ1) is 21.7. The van der Waals surface area contributed by atoms with Crippen LogP contribution in [0, 0.1) is 0 Å². The lowest BCUT2D eigenvalue weighted by Crippen LogP contribution is -2.25. The van der Waals surface area contributed by atoms with Crippen molar-refractivity contribution in [3.63, 3.8) is 0 Å². The number of aromatic nitrogens is 4. The predicted octanol–water partition coefficient (Wildman–Crippen LogP) is 4.51. The molecule has 170 valence electrons. The van der Waals surface area contributed by atoms with Crippen LogP contribution < -0.4 is 5.69 Å². The number of rotatable bonds is 8. The molecule has 0 bridgehead atoms. The summed E-state index contributed by atoms with van der Waals surface area (Å²) < 4.78 is 7.31. The van der Waals surface area contributed by atoms with Gasteiger partial charge in [-0.05, 0) is 30.4 Å². The van der Waals surface area contributed by atoms with E-state index >= 15 is 0 Å². The number of fused-ring (bicyclic) bond motifs is 1. The molecule has 2 unspecified atom stereocenters. The fourth-order valence-electron chi connectivity index (χ4n) is 4.41. The van der Waals surface area contributed by atoms with Gasteiger partial charge in [0.05, 0.1) is 12.6 Å². The monoisotopic (exact) mass is 462 g/mol. The zero-order valence-corrected chi connectivity index (χ0v) is 19.2. The molecule has 2 N–H and O–H groups in total. The molecule has 1 saturated heterocycles. The van der Waals surface area contributed by atoms with Crippen LogP contribution in [0.25, 0.3) is 10.9 Å². The van der Waals surface area contributed by atoms with Crippen molar-refractivity contribution in [2.75, 3.05) is 6.61 Å². The Kier molecular flexibility index (Phi) is 6.20. The van der Waals surface area contributed by atoms with Gasteiger partial charge in [-0.2, -0.15) is 0 Å². The highest BCUT2D eigenvalue weighted by Gasteiger charge is 2.29. The minimum Gasteiger partial charge on any atom is -0.376 e. The van der Waals surface area contributed by atoms with Crippen molar-refractivity contribution in [3.8, 4) is 0 Å². The number of benzene rings is 2. The van der Waals surface area contributed by atoms with Crippen LogP contribution in [0.4, 0.5) is 0 Å². The summed E-state index contributed by atoms with van der Waals surface area (Å²) in [4.78, 5) is 29.7. The van der Waals surface area contributed by atoms with Crippen molar-refractivity contribution >= 4 is 28.4 Å². The van der Waals surface area contributed by atoms with Crippen molar-refractivity contribution in [2.24, 2.45) is 0 Å². The van der Waals surface area contributed by atoms with E-state index in [1.807, 2.05) is 42.5 Å². The van der Waals surface area contributed by atoms with Gasteiger partial charge < -0.3 is 9.72 Å². The van der Waals surface area contributed by atoms with Gasteiger partial charge in [0, 0.05) is 29.3 Å². The van der Waals surface area contributed by atoms with E-state index in [1.165, 1.54) is 17.3 Å². The van der Waals surface area contributed by atoms with Gasteiger partial charge in [-0.25, -0.2) is 9.89 Å². The Morgan fingerprint density at radius 2 is 2.09 bits per heavy atom. The molecule has 0 radical (unpaired) electrons. The number of nitrogens with one attached hydrogen (secondary N) is 2. The Labute approximate surface area is 195 Å². The van der Waals surface area contributed by atoms with E-state index in [-0.39, 0.29) is 17.6 Å². The van der Waals surface area contributed by atoms with Gasteiger partial charge in [0.25, 0.3) is 0 Å². The maximum absolute atomic E-state index is 13.9. The molecule has 2 aromatic heterocycles. The molecule has 1 aliphatic rings. The topological polar surface area (TPSA) is 92.8 Å². The largest absolute Gasteiger partial charge is 0.376 e. The number of carbonyl (C=O) groups is 1. The van der Waals surface area contributed by atoms with E-state index in [9.17, 15) is 9.59 Å². The SMILES string of the molecule is CCc1cccc2c(C(=O)C(Sc3n[nH]c(=O)n3CC3CCCO3)c3ccccc3)c[nH]c12. The second-order valence-electron chi connectivity index (χ2n) is 8.23. The van der Waals surface area contributed by atoms with Crippen molar-refractivity contribution in [2.45, 2.75) is 49.2 Å². The highest BCUT2D eigenvalue weighted by molar-refractivity contribution is 8.00. The molecule has 8 heteroatoms. The van der Waals surface area contributed by atoms with Crippen LogP contribution in [0.2, 0.25) is 0 Å². The third-order valence-corrected chi connectivity index (χ3v) is 7.39. The molecule has 7 nitrogen and oxygen atoms in total. The molecule has 1 fully saturated rings. The summed E-state index contributed by atoms with van der Waals surface area (Å²) in [7, 11) is 0. The molecule has 0 spiro atoms. The van der Waals surface area contributed by atoms with Crippen LogP contribution >= 0.6 is 11.8 Å². The summed E-state index contributed by atoms with van der Waals surface area (Å²) in [5, 5.41) is 7.66. The smallest absolute Gasteiger partial charge is 0.344 e. The number of para-hydroxylation sites is 1. The van der Waals surface area contributed by atoms with Gasteiger partial charge in [0.1, 0.15) is 5.25 Å². The predicted molar refractivity (Wildman–Crippen MR) is 129 cm³/mol. The first-order valence-electron chi connectivity index (χ1n) is 11.3. The number of aryl methyl sites for hydroxylation is 1. The number of hydrogen-bond donors (Lipinski definition) is 2. The molecule has 1 aliphatic heterocycles. The summed E-state index contributed by atoms with van der Waals surface area (Å²) in [5.74, 6) is -0.0233. The van der Waals surface area contributed by atoms with Crippen LogP contribution in [-0.2, 0) is 17.7 Å². The van der Waals surface area contributed by atoms with Gasteiger partial charge in [-0.1, -0.05) is 67.2 Å². The van der Waals surface area contributed by atoms with Crippen LogP contribution in [0.5, 0.6) is 0 Å². The zero-order valence-electron chi connectivity index (χ0n) is 18.4. The average Bonchev–Trinajstić information content (AvgIpc) is 3.59. The number of ether oxygens (including phenoxy) is 1. The quantitative estimate of drug-likeness (QED) is 0.297. The van der Waals surface area contributed by atoms with E-state index in [0.29, 0.717) is 23.9 Å². The maximum atomic E-state index is 13.9. The first-order valence-corrected chi connectivity index (χ1v) is 12.1. The number of thioether (sulfide) groups is 1. The maximum Gasteiger partial charge on any atom is 0.344 e. The van der Waals surface area contributed by atoms with Crippen LogP contribution in [-0.4, -0.2) is 38.2 Å². The third kappa shape index (κ3) is 4.28. The first-order chi connectivity index (χ1) is 16.2. The number of ketones is 1. The second-order valence-corrected chi connectivity index (χ2v) is 9.30. The summed E-state index contributed by atoms with van der Waals surface area (Å²) >= 11 is 1.30. The third-order valence-electron chi connectivity index (χ3n) is 6.15. The number of nitrogens with zero attached hydrogens (tertiary/aromatic N) is 2. The van der Waals surface area contributed by atoms with Gasteiger partial charge in [0.2, 0.25) is 0 Å². The van der Waals surface area contributed by atoms with Crippen molar-refractivity contribution < 1.29 is 9.53 Å². The lowest BCUT2D eigenvalue weighted by Gasteiger charge is -2.17. The van der Waals surface area contributed by atoms with Gasteiger partial charge in [-0.3, -0.25) is 9.36 Å². The lowest BCUT2D eigenvalue weighted by molar-refractivity contribution is 0.0941. The Morgan fingerprint density at radius 3 is 2.85 bits per heavy atom. The molecule has 0 aliphatic carbocycles. The van der Waals surface area contributed by atoms with Gasteiger partial charge in [-0.15, -0.1) is 5.10 Å². The molecule has 2 atom stereocenters. The van der Waals surface area contributed by atoms with Crippen LogP contribution in [0.15, 0.2) is 64.7 Å². The van der Waals surface area contributed by atoms with E-state index in [1.54, 1.807) is 10.8 Å². The Morgan fingerprint density at radius 1 is 1.24 bits per heavy atom. The number of Topliss-reactive ketones (excluding diaryl/α,β-unsaturated/α-hetero) is 1. The number of H-pyrrole nitrogens is 2.